The lowest BCUT2D eigenvalue weighted by Crippen LogP contribution is -2.61. The maximum atomic E-state index is 12.5. The van der Waals surface area contributed by atoms with E-state index in [0.29, 0.717) is 25.3 Å². The van der Waals surface area contributed by atoms with E-state index in [0.717, 1.165) is 5.56 Å². The molecule has 1 aromatic rings. The van der Waals surface area contributed by atoms with Gasteiger partial charge >= 0.3 is 0 Å². The Morgan fingerprint density at radius 1 is 1.33 bits per heavy atom. The number of amides is 2. The maximum absolute atomic E-state index is 12.5. The summed E-state index contributed by atoms with van der Waals surface area (Å²) in [5.74, 6) is 0.423. The third kappa shape index (κ3) is 3.84. The zero-order valence-electron chi connectivity index (χ0n) is 13.0. The lowest BCUT2D eigenvalue weighted by molar-refractivity contribution is -0.154. The second-order valence-corrected chi connectivity index (χ2v) is 6.20. The molecule has 0 bridgehead atoms. The van der Waals surface area contributed by atoms with Crippen molar-refractivity contribution in [2.24, 2.45) is 5.92 Å². The minimum absolute atomic E-state index is 0.0487. The molecular formula is C17H24N2O2. The zero-order chi connectivity index (χ0) is 15.4. The van der Waals surface area contributed by atoms with E-state index in [1.807, 2.05) is 37.3 Å². The molecule has 0 aromatic heterocycles. The highest BCUT2D eigenvalue weighted by molar-refractivity contribution is 5.91. The Balaban J connectivity index is 2.10. The van der Waals surface area contributed by atoms with Crippen molar-refractivity contribution < 1.29 is 9.59 Å². The van der Waals surface area contributed by atoms with E-state index in [1.54, 1.807) is 4.90 Å². The smallest absolute Gasteiger partial charge is 0.243 e. The summed E-state index contributed by atoms with van der Waals surface area (Å²) in [6.45, 7) is 6.75. The largest absolute Gasteiger partial charge is 0.354 e. The van der Waals surface area contributed by atoms with Crippen molar-refractivity contribution in [3.8, 4) is 0 Å². The molecule has 1 aromatic carbocycles. The summed E-state index contributed by atoms with van der Waals surface area (Å²) < 4.78 is 0. The number of carbonyl (C=O) groups excluding carboxylic acids is 2. The van der Waals surface area contributed by atoms with Gasteiger partial charge in [0, 0.05) is 25.4 Å². The van der Waals surface area contributed by atoms with Gasteiger partial charge in [0.05, 0.1) is 0 Å². The highest BCUT2D eigenvalue weighted by Gasteiger charge is 2.40. The lowest BCUT2D eigenvalue weighted by Gasteiger charge is -2.43. The van der Waals surface area contributed by atoms with Crippen LogP contribution in [0.2, 0.25) is 0 Å². The summed E-state index contributed by atoms with van der Waals surface area (Å²) in [5.41, 5.74) is 1.08. The number of β-lactam (4-membered cyclic amide) rings is 1. The number of nitrogens with zero attached hydrogens (tertiary/aromatic N) is 1. The molecule has 1 fully saturated rings. The minimum Gasteiger partial charge on any atom is -0.354 e. The van der Waals surface area contributed by atoms with Gasteiger partial charge in [-0.15, -0.1) is 0 Å². The molecule has 21 heavy (non-hydrogen) atoms. The molecule has 4 nitrogen and oxygen atoms in total. The average Bonchev–Trinajstić information content (AvgIpc) is 2.45. The molecule has 0 saturated carbocycles. The molecule has 0 aliphatic carbocycles. The lowest BCUT2D eigenvalue weighted by atomic mass is 9.95. The van der Waals surface area contributed by atoms with Crippen LogP contribution in [0.15, 0.2) is 30.3 Å². The molecule has 4 heteroatoms. The van der Waals surface area contributed by atoms with Crippen molar-refractivity contribution in [2.45, 2.75) is 45.7 Å². The fourth-order valence-corrected chi connectivity index (χ4v) is 2.65. The topological polar surface area (TPSA) is 49.4 Å². The van der Waals surface area contributed by atoms with E-state index < -0.39 is 6.04 Å². The van der Waals surface area contributed by atoms with Gasteiger partial charge in [0.2, 0.25) is 11.8 Å². The van der Waals surface area contributed by atoms with E-state index in [-0.39, 0.29) is 17.9 Å². The first-order chi connectivity index (χ1) is 9.99. The Bertz CT molecular complexity index is 499. The van der Waals surface area contributed by atoms with E-state index in [4.69, 9.17) is 0 Å². The monoisotopic (exact) mass is 288 g/mol. The SMILES string of the molecule is CC(C)CNC(=O)C(Cc1ccccc1)N1C(=O)CC1C. The first-order valence-electron chi connectivity index (χ1n) is 7.62. The van der Waals surface area contributed by atoms with Crippen molar-refractivity contribution in [2.75, 3.05) is 6.54 Å². The number of hydrogen-bond acceptors (Lipinski definition) is 2. The van der Waals surface area contributed by atoms with E-state index >= 15 is 0 Å². The Hall–Kier alpha value is -1.84. The second-order valence-electron chi connectivity index (χ2n) is 6.20. The maximum Gasteiger partial charge on any atom is 0.243 e. The highest BCUT2D eigenvalue weighted by Crippen LogP contribution is 2.24. The van der Waals surface area contributed by atoms with Crippen LogP contribution >= 0.6 is 0 Å². The van der Waals surface area contributed by atoms with Gasteiger partial charge in [0.15, 0.2) is 0 Å². The molecule has 2 rings (SSSR count). The quantitative estimate of drug-likeness (QED) is 0.814. The first-order valence-corrected chi connectivity index (χ1v) is 7.62. The van der Waals surface area contributed by atoms with Gasteiger partial charge in [0.1, 0.15) is 6.04 Å². The third-order valence-electron chi connectivity index (χ3n) is 3.83. The number of nitrogens with one attached hydrogen (secondary N) is 1. The van der Waals surface area contributed by atoms with Crippen LogP contribution in [0.5, 0.6) is 0 Å². The molecule has 1 aliphatic rings. The number of likely N-dealkylation sites (tertiary alicyclic amines) is 1. The molecule has 114 valence electrons. The molecule has 1 heterocycles. The molecular weight excluding hydrogens is 264 g/mol. The van der Waals surface area contributed by atoms with Crippen molar-refractivity contribution >= 4 is 11.8 Å². The van der Waals surface area contributed by atoms with Crippen LogP contribution in [0.3, 0.4) is 0 Å². The number of carbonyl (C=O) groups is 2. The van der Waals surface area contributed by atoms with Crippen LogP contribution in [0.1, 0.15) is 32.8 Å². The fourth-order valence-electron chi connectivity index (χ4n) is 2.65. The highest BCUT2D eigenvalue weighted by atomic mass is 16.2. The Labute approximate surface area is 126 Å². The molecule has 1 saturated heterocycles. The van der Waals surface area contributed by atoms with Gasteiger partial charge < -0.3 is 10.2 Å². The van der Waals surface area contributed by atoms with Gasteiger partial charge in [0.25, 0.3) is 0 Å². The number of rotatable bonds is 6. The number of benzene rings is 1. The fraction of sp³-hybridized carbons (Fsp3) is 0.529. The standard InChI is InChI=1S/C17H24N2O2/c1-12(2)11-18-17(21)15(19-13(3)9-16(19)20)10-14-7-5-4-6-8-14/h4-8,12-13,15H,9-11H2,1-3H3,(H,18,21). The van der Waals surface area contributed by atoms with Gasteiger partial charge in [-0.1, -0.05) is 44.2 Å². The van der Waals surface area contributed by atoms with E-state index in [2.05, 4.69) is 19.2 Å². The van der Waals surface area contributed by atoms with Crippen molar-refractivity contribution in [3.63, 3.8) is 0 Å². The molecule has 2 atom stereocenters. The summed E-state index contributed by atoms with van der Waals surface area (Å²) in [5, 5.41) is 2.96. The summed E-state index contributed by atoms with van der Waals surface area (Å²) in [6, 6.07) is 9.61. The van der Waals surface area contributed by atoms with Crippen LogP contribution in [0.25, 0.3) is 0 Å². The van der Waals surface area contributed by atoms with Crippen molar-refractivity contribution in [3.05, 3.63) is 35.9 Å². The predicted molar refractivity (Wildman–Crippen MR) is 82.7 cm³/mol. The Morgan fingerprint density at radius 3 is 2.52 bits per heavy atom. The Kier molecular flexibility index (Phi) is 4.99. The molecule has 0 spiro atoms. The van der Waals surface area contributed by atoms with Gasteiger partial charge in [-0.05, 0) is 18.4 Å². The summed E-state index contributed by atoms with van der Waals surface area (Å²) in [4.78, 5) is 26.1. The third-order valence-corrected chi connectivity index (χ3v) is 3.83. The summed E-state index contributed by atoms with van der Waals surface area (Å²) >= 11 is 0. The summed E-state index contributed by atoms with van der Waals surface area (Å²) in [7, 11) is 0. The van der Waals surface area contributed by atoms with Crippen LogP contribution in [-0.2, 0) is 16.0 Å². The van der Waals surface area contributed by atoms with Crippen LogP contribution in [0.4, 0.5) is 0 Å². The van der Waals surface area contributed by atoms with E-state index in [1.165, 1.54) is 0 Å². The predicted octanol–water partition coefficient (Wildman–Crippen LogP) is 1.99. The van der Waals surface area contributed by atoms with Crippen LogP contribution in [-0.4, -0.2) is 35.3 Å². The van der Waals surface area contributed by atoms with E-state index in [9.17, 15) is 9.59 Å². The zero-order valence-corrected chi connectivity index (χ0v) is 13.0. The van der Waals surface area contributed by atoms with Crippen LogP contribution < -0.4 is 5.32 Å². The number of hydrogen-bond donors (Lipinski definition) is 1. The van der Waals surface area contributed by atoms with Gasteiger partial charge in [-0.2, -0.15) is 0 Å². The molecule has 1 aliphatic heterocycles. The Morgan fingerprint density at radius 2 is 2.00 bits per heavy atom. The summed E-state index contributed by atoms with van der Waals surface area (Å²) in [6.07, 6.45) is 1.11. The molecule has 2 unspecified atom stereocenters. The molecule has 2 amide bonds. The van der Waals surface area contributed by atoms with Gasteiger partial charge in [-0.25, -0.2) is 0 Å². The first kappa shape index (κ1) is 15.5. The molecule has 0 radical (unpaired) electrons. The molecule has 1 N–H and O–H groups in total. The van der Waals surface area contributed by atoms with Gasteiger partial charge in [-0.3, -0.25) is 9.59 Å². The average molecular weight is 288 g/mol. The minimum atomic E-state index is -0.401. The van der Waals surface area contributed by atoms with Crippen LogP contribution in [0, 0.1) is 5.92 Å². The normalized spacial score (nSPS) is 19.3. The second kappa shape index (κ2) is 6.74. The van der Waals surface area contributed by atoms with Crippen molar-refractivity contribution in [1.29, 1.82) is 0 Å². The van der Waals surface area contributed by atoms with Crippen molar-refractivity contribution in [1.82, 2.24) is 10.2 Å².